The maximum Gasteiger partial charge on any atom is 0.0801 e. The van der Waals surface area contributed by atoms with E-state index < -0.39 is 0 Å². The summed E-state index contributed by atoms with van der Waals surface area (Å²) in [5, 5.41) is 6.25. The number of benzene rings is 1. The van der Waals surface area contributed by atoms with Crippen LogP contribution in [0.5, 0.6) is 0 Å². The molecule has 4 N–H and O–H groups in total. The van der Waals surface area contributed by atoms with Crippen LogP contribution in [-0.2, 0) is 6.54 Å². The lowest BCUT2D eigenvalue weighted by Gasteiger charge is -2.21. The van der Waals surface area contributed by atoms with Gasteiger partial charge in [0.15, 0.2) is 0 Å². The Morgan fingerprint density at radius 2 is 1.91 bits per heavy atom. The van der Waals surface area contributed by atoms with Crippen LogP contribution in [0, 0.1) is 18.8 Å². The Bertz CT molecular complexity index is 866. The quantitative estimate of drug-likeness (QED) is 0.413. The van der Waals surface area contributed by atoms with Crippen LogP contribution in [0.1, 0.15) is 45.4 Å². The van der Waals surface area contributed by atoms with Gasteiger partial charge in [-0.05, 0) is 42.5 Å². The summed E-state index contributed by atoms with van der Waals surface area (Å²) in [6, 6.07) is 8.54. The van der Waals surface area contributed by atoms with Crippen LogP contribution >= 0.6 is 11.3 Å². The second kappa shape index (κ2) is 16.1. The second-order valence-corrected chi connectivity index (χ2v) is 10.2. The van der Waals surface area contributed by atoms with E-state index in [-0.39, 0.29) is 0 Å². The topological polar surface area (TPSA) is 66.2 Å². The summed E-state index contributed by atoms with van der Waals surface area (Å²) in [4.78, 5) is 7.85. The maximum absolute atomic E-state index is 5.43. The molecule has 6 heteroatoms. The van der Waals surface area contributed by atoms with E-state index in [1.54, 1.807) is 17.5 Å². The molecule has 1 aromatic heterocycles. The van der Waals surface area contributed by atoms with Crippen LogP contribution < -0.4 is 16.4 Å². The van der Waals surface area contributed by atoms with Gasteiger partial charge < -0.3 is 21.3 Å². The maximum atomic E-state index is 5.43. The number of aromatic nitrogens is 1. The zero-order chi connectivity index (χ0) is 25.5. The predicted molar refractivity (Wildman–Crippen MR) is 151 cm³/mol. The molecule has 3 rings (SSSR count). The summed E-state index contributed by atoms with van der Waals surface area (Å²) >= 11 is 1.68. The first-order chi connectivity index (χ1) is 16.2. The van der Waals surface area contributed by atoms with Crippen molar-refractivity contribution in [3.63, 3.8) is 0 Å². The number of rotatable bonds is 9. The van der Waals surface area contributed by atoms with Crippen LogP contribution in [0.3, 0.4) is 0 Å². The van der Waals surface area contributed by atoms with Crippen LogP contribution in [0.15, 0.2) is 67.1 Å². The highest BCUT2D eigenvalue weighted by Crippen LogP contribution is 2.27. The molecule has 2 aromatic rings. The van der Waals surface area contributed by atoms with Gasteiger partial charge in [-0.3, -0.25) is 0 Å². The number of thiazole rings is 1. The van der Waals surface area contributed by atoms with Gasteiger partial charge in [0.1, 0.15) is 0 Å². The summed E-state index contributed by atoms with van der Waals surface area (Å²) in [7, 11) is 0. The second-order valence-electron chi connectivity index (χ2n) is 9.35. The molecule has 0 aliphatic carbocycles. The van der Waals surface area contributed by atoms with Crippen molar-refractivity contribution in [1.29, 1.82) is 0 Å². The molecule has 0 saturated carbocycles. The van der Waals surface area contributed by atoms with E-state index in [4.69, 9.17) is 5.73 Å². The molecule has 34 heavy (non-hydrogen) atoms. The fraction of sp³-hybridized carbons (Fsp3) is 0.464. The van der Waals surface area contributed by atoms with Gasteiger partial charge in [0.2, 0.25) is 0 Å². The number of hydrogen-bond acceptors (Lipinski definition) is 6. The predicted octanol–water partition coefficient (Wildman–Crippen LogP) is 5.92. The third kappa shape index (κ3) is 11.5. The van der Waals surface area contributed by atoms with Crippen LogP contribution in [-0.4, -0.2) is 36.1 Å². The number of hydrogen-bond donors (Lipinski definition) is 3. The Balaban J connectivity index is 0.000000297. The molecule has 1 aliphatic heterocycles. The lowest BCUT2D eigenvalue weighted by molar-refractivity contribution is 0.400. The van der Waals surface area contributed by atoms with Crippen molar-refractivity contribution in [2.24, 2.45) is 17.6 Å². The smallest absolute Gasteiger partial charge is 0.0801 e. The minimum Gasteiger partial charge on any atom is -0.387 e. The molecular formula is C28H45N5S. The Morgan fingerprint density at radius 1 is 1.26 bits per heavy atom. The van der Waals surface area contributed by atoms with E-state index >= 15 is 0 Å². The van der Waals surface area contributed by atoms with Gasteiger partial charge in [0.25, 0.3) is 0 Å². The van der Waals surface area contributed by atoms with E-state index in [1.165, 1.54) is 22.4 Å². The first-order valence-corrected chi connectivity index (χ1v) is 12.9. The van der Waals surface area contributed by atoms with Crippen molar-refractivity contribution in [1.82, 2.24) is 20.5 Å². The van der Waals surface area contributed by atoms with Crippen LogP contribution in [0.25, 0.3) is 10.4 Å². The molecule has 0 bridgehead atoms. The average molecular weight is 484 g/mol. The van der Waals surface area contributed by atoms with Gasteiger partial charge in [-0.2, -0.15) is 0 Å². The third-order valence-electron chi connectivity index (χ3n) is 5.07. The minimum atomic E-state index is 0.490. The summed E-state index contributed by atoms with van der Waals surface area (Å²) in [6.07, 6.45) is 2.98. The third-order valence-corrected chi connectivity index (χ3v) is 6.05. The lowest BCUT2D eigenvalue weighted by Crippen LogP contribution is -2.29. The molecule has 0 spiro atoms. The van der Waals surface area contributed by atoms with E-state index in [0.29, 0.717) is 6.54 Å². The molecular weight excluding hydrogens is 438 g/mol. The van der Waals surface area contributed by atoms with Crippen molar-refractivity contribution in [2.75, 3.05) is 26.2 Å². The van der Waals surface area contributed by atoms with Crippen LogP contribution in [0.4, 0.5) is 0 Å². The number of nitrogens with one attached hydrogen (secondary N) is 2. The summed E-state index contributed by atoms with van der Waals surface area (Å²) in [5.41, 5.74) is 12.9. The molecule has 1 fully saturated rings. The summed E-state index contributed by atoms with van der Waals surface area (Å²) in [6.45, 7) is 26.6. The van der Waals surface area contributed by atoms with E-state index in [2.05, 4.69) is 92.2 Å². The minimum absolute atomic E-state index is 0.490. The zero-order valence-electron chi connectivity index (χ0n) is 21.9. The molecule has 0 radical (unpaired) electrons. The van der Waals surface area contributed by atoms with E-state index in [0.717, 1.165) is 55.1 Å². The highest BCUT2D eigenvalue weighted by Gasteiger charge is 2.19. The largest absolute Gasteiger partial charge is 0.387 e. The lowest BCUT2D eigenvalue weighted by atomic mass is 10.1. The van der Waals surface area contributed by atoms with Crippen molar-refractivity contribution in [3.05, 3.63) is 78.4 Å². The Hall–Kier alpha value is -2.57. The molecule has 1 aromatic carbocycles. The van der Waals surface area contributed by atoms with Crippen molar-refractivity contribution in [3.8, 4) is 10.4 Å². The number of likely N-dealkylation sites (tertiary alicyclic amines) is 1. The highest BCUT2D eigenvalue weighted by atomic mass is 32.1. The van der Waals surface area contributed by atoms with Gasteiger partial charge in [0.05, 0.1) is 22.6 Å². The molecule has 188 valence electrons. The Labute approximate surface area is 211 Å². The van der Waals surface area contributed by atoms with E-state index in [9.17, 15) is 0 Å². The molecule has 1 saturated heterocycles. The fourth-order valence-corrected chi connectivity index (χ4v) is 3.99. The Morgan fingerprint density at radius 3 is 2.38 bits per heavy atom. The molecule has 5 nitrogen and oxygen atoms in total. The molecule has 0 amide bonds. The number of nitrogens with zero attached hydrogens (tertiary/aromatic N) is 2. The van der Waals surface area contributed by atoms with Crippen LogP contribution in [0.2, 0.25) is 0 Å². The van der Waals surface area contributed by atoms with E-state index in [1.807, 2.05) is 12.4 Å². The fourth-order valence-electron chi connectivity index (χ4n) is 3.18. The molecule has 1 aliphatic rings. The number of nitrogens with two attached hydrogens (primary N) is 1. The molecule has 1 atom stereocenters. The summed E-state index contributed by atoms with van der Waals surface area (Å²) in [5.74, 6) is 1.63. The SMILES string of the molecule is C=C(CN)NCC(=C)N1CCC(C)C1.C=CNCc1ccc(-c2scnc2C)cc1.CC(C)C. The van der Waals surface area contributed by atoms with Gasteiger partial charge >= 0.3 is 0 Å². The van der Waals surface area contributed by atoms with Crippen molar-refractivity contribution >= 4 is 11.3 Å². The monoisotopic (exact) mass is 483 g/mol. The first-order valence-electron chi connectivity index (χ1n) is 12.1. The number of aryl methyl sites for hydroxylation is 1. The highest BCUT2D eigenvalue weighted by molar-refractivity contribution is 7.13. The van der Waals surface area contributed by atoms with Gasteiger partial charge in [-0.25, -0.2) is 4.98 Å². The van der Waals surface area contributed by atoms with Gasteiger partial charge in [-0.15, -0.1) is 11.3 Å². The standard InChI is InChI=1S/C13H14N2S.C11H21N3.C4H10/c1-3-14-8-11-4-6-12(7-5-11)13-10(2)15-9-16-13;1-9-4-5-14(8-9)11(3)7-13-10(2)6-12;1-4(2)3/h3-7,9,14H,1,8H2,2H3;9,13H,2-8,12H2,1H3;4H,1-3H3. The van der Waals surface area contributed by atoms with Gasteiger partial charge in [0, 0.05) is 37.6 Å². The van der Waals surface area contributed by atoms with Crippen molar-refractivity contribution in [2.45, 2.75) is 47.6 Å². The normalized spacial score (nSPS) is 14.4. The zero-order valence-corrected chi connectivity index (χ0v) is 22.7. The van der Waals surface area contributed by atoms with Crippen molar-refractivity contribution < 1.29 is 0 Å². The Kier molecular flexibility index (Phi) is 14.0. The van der Waals surface area contributed by atoms with Gasteiger partial charge in [-0.1, -0.05) is 71.7 Å². The first kappa shape index (κ1) is 29.5. The molecule has 2 heterocycles. The average Bonchev–Trinajstić information content (AvgIpc) is 3.44. The molecule has 1 unspecified atom stereocenters. The summed E-state index contributed by atoms with van der Waals surface area (Å²) < 4.78 is 0.